The number of carbonyl (C=O) groups excluding carboxylic acids is 3. The van der Waals surface area contributed by atoms with Gasteiger partial charge in [-0.15, -0.1) is 0 Å². The molecular weight excluding hydrogens is 439 g/mol. The van der Waals surface area contributed by atoms with Crippen LogP contribution in [0, 0.1) is 28.6 Å². The molecule has 2 N–H and O–H groups in total. The van der Waals surface area contributed by atoms with Gasteiger partial charge < -0.3 is 14.9 Å². The lowest BCUT2D eigenvalue weighted by atomic mass is 9.43. The first-order chi connectivity index (χ1) is 15.9. The monoisotopic (exact) mass is 476 g/mol. The summed E-state index contributed by atoms with van der Waals surface area (Å²) in [6.07, 6.45) is 5.64. The molecule has 7 heteroatoms. The van der Waals surface area contributed by atoms with Crippen LogP contribution in [0.1, 0.15) is 72.6 Å². The summed E-state index contributed by atoms with van der Waals surface area (Å²) in [7, 11) is 0. The van der Waals surface area contributed by atoms with Crippen molar-refractivity contribution in [3.8, 4) is 0 Å². The normalized spacial score (nSPS) is 45.1. The van der Waals surface area contributed by atoms with Gasteiger partial charge in [-0.3, -0.25) is 14.4 Å². The largest absolute Gasteiger partial charge is 0.450 e. The molecular formula is C27H37FO6. The van der Waals surface area contributed by atoms with Crippen molar-refractivity contribution in [2.24, 2.45) is 28.6 Å². The number of allylic oxidation sites excluding steroid dienone is 4. The van der Waals surface area contributed by atoms with Crippen LogP contribution in [0.15, 0.2) is 23.8 Å². The third-order valence-electron chi connectivity index (χ3n) is 9.71. The second-order valence-corrected chi connectivity index (χ2v) is 11.3. The molecule has 4 aliphatic rings. The van der Waals surface area contributed by atoms with Gasteiger partial charge in [0.1, 0.15) is 6.61 Å². The molecule has 34 heavy (non-hydrogen) atoms. The summed E-state index contributed by atoms with van der Waals surface area (Å²) in [4.78, 5) is 38.0. The number of aliphatic hydroxyl groups excluding tert-OH is 2. The van der Waals surface area contributed by atoms with Gasteiger partial charge >= 0.3 is 5.97 Å². The fourth-order valence-corrected chi connectivity index (χ4v) is 7.96. The molecule has 0 radical (unpaired) electrons. The molecule has 3 fully saturated rings. The fourth-order valence-electron chi connectivity index (χ4n) is 7.96. The first kappa shape index (κ1) is 25.2. The highest BCUT2D eigenvalue weighted by Crippen LogP contribution is 2.71. The molecule has 0 bridgehead atoms. The summed E-state index contributed by atoms with van der Waals surface area (Å²) in [5.41, 5.74) is -5.08. The molecule has 4 aliphatic carbocycles. The molecule has 0 saturated heterocycles. The fraction of sp³-hybridized carbons (Fsp3) is 0.741. The van der Waals surface area contributed by atoms with E-state index in [1.54, 1.807) is 13.0 Å². The second-order valence-electron chi connectivity index (χ2n) is 11.3. The number of aliphatic hydroxyl groups is 2. The van der Waals surface area contributed by atoms with E-state index in [4.69, 9.17) is 4.74 Å². The minimum atomic E-state index is -2.03. The van der Waals surface area contributed by atoms with E-state index in [9.17, 15) is 24.6 Å². The Morgan fingerprint density at radius 1 is 1.26 bits per heavy atom. The molecule has 4 rings (SSSR count). The standard InChI is InChI=1S/C27H37FO6/c1-5-6-7-23(33)34-26(22(32)15-29)11-9-18-20-12-16(2)19-13-17(30)8-10-24(19,3)27(20,28)21(31)14-25(18,26)4/h8,10,13,16,18,20-21,29,31H,5-7,9,11-12,14-15H2,1-4H3/t16?,18-,20-,21-,24-,25-,26+,27-/m0/s1. The third kappa shape index (κ3) is 3.15. The van der Waals surface area contributed by atoms with Gasteiger partial charge in [0.25, 0.3) is 0 Å². The molecule has 6 nitrogen and oxygen atoms in total. The summed E-state index contributed by atoms with van der Waals surface area (Å²) in [5, 5.41) is 21.3. The molecule has 0 aromatic rings. The van der Waals surface area contributed by atoms with Crippen molar-refractivity contribution in [2.45, 2.75) is 90.0 Å². The Labute approximate surface area is 200 Å². The Morgan fingerprint density at radius 2 is 1.97 bits per heavy atom. The van der Waals surface area contributed by atoms with Gasteiger partial charge in [-0.05, 0) is 63.0 Å². The number of halogens is 1. The van der Waals surface area contributed by atoms with Crippen LogP contribution >= 0.6 is 0 Å². The highest BCUT2D eigenvalue weighted by molar-refractivity contribution is 6.01. The molecule has 0 aromatic carbocycles. The Hall–Kier alpha value is -1.86. The predicted molar refractivity (Wildman–Crippen MR) is 123 cm³/mol. The lowest BCUT2D eigenvalue weighted by Crippen LogP contribution is -2.70. The lowest BCUT2D eigenvalue weighted by Gasteiger charge is -2.63. The highest BCUT2D eigenvalue weighted by Gasteiger charge is 2.76. The molecule has 188 valence electrons. The maximum Gasteiger partial charge on any atom is 0.306 e. The predicted octanol–water partition coefficient (Wildman–Crippen LogP) is 3.64. The number of esters is 1. The lowest BCUT2D eigenvalue weighted by molar-refractivity contribution is -0.228. The Bertz CT molecular complexity index is 957. The minimum Gasteiger partial charge on any atom is -0.450 e. The van der Waals surface area contributed by atoms with Crippen LogP contribution in [0.2, 0.25) is 0 Å². The number of hydrogen-bond acceptors (Lipinski definition) is 6. The molecule has 3 saturated carbocycles. The minimum absolute atomic E-state index is 0.0729. The van der Waals surface area contributed by atoms with Crippen molar-refractivity contribution < 1.29 is 33.7 Å². The average Bonchev–Trinajstić information content (AvgIpc) is 3.07. The van der Waals surface area contributed by atoms with E-state index < -0.39 is 52.5 Å². The van der Waals surface area contributed by atoms with E-state index in [1.807, 2.05) is 20.8 Å². The number of fused-ring (bicyclic) bond motifs is 5. The molecule has 0 heterocycles. The van der Waals surface area contributed by atoms with Gasteiger partial charge in [0, 0.05) is 23.2 Å². The van der Waals surface area contributed by atoms with Gasteiger partial charge in [-0.2, -0.15) is 0 Å². The topological polar surface area (TPSA) is 101 Å². The van der Waals surface area contributed by atoms with Gasteiger partial charge in [-0.1, -0.05) is 38.8 Å². The van der Waals surface area contributed by atoms with Gasteiger partial charge in [0.2, 0.25) is 5.78 Å². The van der Waals surface area contributed by atoms with E-state index in [0.29, 0.717) is 24.8 Å². The molecule has 0 aromatic heterocycles. The number of ether oxygens (including phenoxy) is 1. The number of unbranched alkanes of at least 4 members (excludes halogenated alkanes) is 1. The van der Waals surface area contributed by atoms with Crippen molar-refractivity contribution in [1.29, 1.82) is 0 Å². The Balaban J connectivity index is 1.79. The number of hydrogen-bond donors (Lipinski definition) is 2. The van der Waals surface area contributed by atoms with Gasteiger partial charge in [0.05, 0.1) is 6.10 Å². The summed E-state index contributed by atoms with van der Waals surface area (Å²) in [5.74, 6) is -2.28. The zero-order chi connectivity index (χ0) is 25.1. The van der Waals surface area contributed by atoms with E-state index in [0.717, 1.165) is 6.42 Å². The van der Waals surface area contributed by atoms with Crippen molar-refractivity contribution in [1.82, 2.24) is 0 Å². The second kappa shape index (κ2) is 8.37. The Morgan fingerprint density at radius 3 is 2.62 bits per heavy atom. The van der Waals surface area contributed by atoms with E-state index in [-0.39, 0.29) is 36.9 Å². The van der Waals surface area contributed by atoms with Crippen LogP contribution in [0.5, 0.6) is 0 Å². The maximum atomic E-state index is 17.3. The quantitative estimate of drug-likeness (QED) is 0.568. The van der Waals surface area contributed by atoms with Gasteiger partial charge in [0.15, 0.2) is 17.1 Å². The maximum absolute atomic E-state index is 17.3. The average molecular weight is 477 g/mol. The number of carbonyl (C=O) groups is 3. The van der Waals surface area contributed by atoms with Crippen molar-refractivity contribution in [3.63, 3.8) is 0 Å². The van der Waals surface area contributed by atoms with Crippen LogP contribution in [0.25, 0.3) is 0 Å². The first-order valence-electron chi connectivity index (χ1n) is 12.6. The van der Waals surface area contributed by atoms with Gasteiger partial charge in [-0.25, -0.2) is 4.39 Å². The zero-order valence-electron chi connectivity index (χ0n) is 20.6. The summed E-state index contributed by atoms with van der Waals surface area (Å²) < 4.78 is 23.2. The molecule has 0 spiro atoms. The van der Waals surface area contributed by atoms with Crippen LogP contribution in [0.4, 0.5) is 4.39 Å². The summed E-state index contributed by atoms with van der Waals surface area (Å²) in [6.45, 7) is 6.71. The number of ketones is 2. The molecule has 0 amide bonds. The van der Waals surface area contributed by atoms with Crippen molar-refractivity contribution in [2.75, 3.05) is 6.61 Å². The number of alkyl halides is 1. The molecule has 8 atom stereocenters. The molecule has 1 unspecified atom stereocenters. The SMILES string of the molecule is CCCCC(=O)O[C@@]1(C(=O)CO)CC[C@H]2[C@@H]3CC(C)C4=CC(=O)C=C[C@]4(C)[C@@]3(F)[C@@H](O)C[C@@]21C. The van der Waals surface area contributed by atoms with Crippen LogP contribution in [-0.4, -0.2) is 51.7 Å². The number of Topliss-reactive ketones (excluding diaryl/α,β-unsaturated/α-hetero) is 1. The van der Waals surface area contributed by atoms with Crippen LogP contribution in [-0.2, 0) is 19.1 Å². The Kier molecular flexibility index (Phi) is 6.21. The third-order valence-corrected chi connectivity index (χ3v) is 9.71. The summed E-state index contributed by atoms with van der Waals surface area (Å²) in [6, 6.07) is 0. The van der Waals surface area contributed by atoms with Crippen LogP contribution < -0.4 is 0 Å². The van der Waals surface area contributed by atoms with E-state index >= 15 is 4.39 Å². The smallest absolute Gasteiger partial charge is 0.306 e. The summed E-state index contributed by atoms with van der Waals surface area (Å²) >= 11 is 0. The van der Waals surface area contributed by atoms with E-state index in [1.165, 1.54) is 12.2 Å². The highest BCUT2D eigenvalue weighted by atomic mass is 19.1. The van der Waals surface area contributed by atoms with Crippen molar-refractivity contribution in [3.05, 3.63) is 23.8 Å². The first-order valence-corrected chi connectivity index (χ1v) is 12.6. The van der Waals surface area contributed by atoms with E-state index in [2.05, 4.69) is 0 Å². The molecule has 0 aliphatic heterocycles. The van der Waals surface area contributed by atoms with Crippen molar-refractivity contribution >= 4 is 17.5 Å². The zero-order valence-corrected chi connectivity index (χ0v) is 20.6. The number of rotatable bonds is 6. The van der Waals surface area contributed by atoms with Crippen LogP contribution in [0.3, 0.4) is 0 Å².